The van der Waals surface area contributed by atoms with Crippen molar-refractivity contribution in [3.05, 3.63) is 54.4 Å². The third-order valence-corrected chi connectivity index (χ3v) is 7.51. The van der Waals surface area contributed by atoms with Gasteiger partial charge < -0.3 is 14.4 Å². The Morgan fingerprint density at radius 1 is 0.909 bits per heavy atom. The number of hydrogen-bond donors (Lipinski definition) is 0. The maximum absolute atomic E-state index is 13.2. The second-order valence-electron chi connectivity index (χ2n) is 7.66. The molecule has 1 fully saturated rings. The Labute approximate surface area is 190 Å². The van der Waals surface area contributed by atoms with E-state index in [1.165, 1.54) is 27.4 Å². The molecule has 0 radical (unpaired) electrons. The maximum Gasteiger partial charge on any atom is 0.253 e. The van der Waals surface area contributed by atoms with E-state index >= 15 is 0 Å². The van der Waals surface area contributed by atoms with Crippen molar-refractivity contribution in [1.29, 1.82) is 0 Å². The lowest BCUT2D eigenvalue weighted by atomic mass is 10.1. The smallest absolute Gasteiger partial charge is 0.253 e. The first-order chi connectivity index (χ1) is 16.0. The lowest BCUT2D eigenvalue weighted by molar-refractivity contribution is 0.0698. The summed E-state index contributed by atoms with van der Waals surface area (Å²) in [6.07, 6.45) is 2.22. The quantitative estimate of drug-likeness (QED) is 0.553. The minimum Gasteiger partial charge on any atom is -0.490 e. The van der Waals surface area contributed by atoms with Crippen molar-refractivity contribution in [2.24, 2.45) is 0 Å². The van der Waals surface area contributed by atoms with Crippen molar-refractivity contribution in [1.82, 2.24) is 29.4 Å². The Morgan fingerprint density at radius 3 is 2.33 bits per heavy atom. The number of benzene rings is 2. The van der Waals surface area contributed by atoms with Crippen LogP contribution in [0.2, 0.25) is 0 Å². The summed E-state index contributed by atoms with van der Waals surface area (Å²) in [5, 5.41) is 11.0. The summed E-state index contributed by atoms with van der Waals surface area (Å²) in [7, 11) is -3.71. The third-order valence-electron chi connectivity index (χ3n) is 5.61. The molecular formula is C21H22N6O5S. The molecule has 33 heavy (non-hydrogen) atoms. The van der Waals surface area contributed by atoms with E-state index < -0.39 is 10.0 Å². The van der Waals surface area contributed by atoms with Gasteiger partial charge in [0.05, 0.1) is 23.8 Å². The first-order valence-corrected chi connectivity index (χ1v) is 12.0. The van der Waals surface area contributed by atoms with Crippen LogP contribution in [-0.2, 0) is 10.0 Å². The molecule has 5 rings (SSSR count). The van der Waals surface area contributed by atoms with Crippen molar-refractivity contribution < 1.29 is 22.7 Å². The summed E-state index contributed by atoms with van der Waals surface area (Å²) in [6, 6.07) is 11.6. The summed E-state index contributed by atoms with van der Waals surface area (Å²) in [5.41, 5.74) is 1.26. The van der Waals surface area contributed by atoms with Crippen LogP contribution in [0, 0.1) is 0 Å². The van der Waals surface area contributed by atoms with Gasteiger partial charge in [-0.3, -0.25) is 4.79 Å². The van der Waals surface area contributed by atoms with Gasteiger partial charge in [0.2, 0.25) is 10.0 Å². The number of fused-ring (bicyclic) bond motifs is 1. The van der Waals surface area contributed by atoms with Crippen LogP contribution >= 0.6 is 0 Å². The normalized spacial score (nSPS) is 16.9. The van der Waals surface area contributed by atoms with Gasteiger partial charge in [-0.1, -0.05) is 0 Å². The van der Waals surface area contributed by atoms with Gasteiger partial charge in [0.1, 0.15) is 6.33 Å². The molecule has 1 saturated heterocycles. The van der Waals surface area contributed by atoms with Crippen LogP contribution in [0.25, 0.3) is 5.69 Å². The molecule has 11 nitrogen and oxygen atoms in total. The van der Waals surface area contributed by atoms with E-state index in [2.05, 4.69) is 15.5 Å². The highest BCUT2D eigenvalue weighted by Gasteiger charge is 2.31. The van der Waals surface area contributed by atoms with Crippen molar-refractivity contribution in [2.45, 2.75) is 11.3 Å². The molecule has 2 aliphatic rings. The molecule has 172 valence electrons. The van der Waals surface area contributed by atoms with Crippen molar-refractivity contribution in [3.8, 4) is 17.2 Å². The predicted molar refractivity (Wildman–Crippen MR) is 116 cm³/mol. The number of carbonyl (C=O) groups excluding carboxylic acids is 1. The zero-order chi connectivity index (χ0) is 22.8. The summed E-state index contributed by atoms with van der Waals surface area (Å²) in [5.74, 6) is 0.839. The van der Waals surface area contributed by atoms with Gasteiger partial charge >= 0.3 is 0 Å². The first kappa shape index (κ1) is 21.3. The number of piperazine rings is 1. The van der Waals surface area contributed by atoms with E-state index in [-0.39, 0.29) is 23.9 Å². The molecule has 0 N–H and O–H groups in total. The highest BCUT2D eigenvalue weighted by molar-refractivity contribution is 7.89. The molecule has 0 bridgehead atoms. The number of rotatable bonds is 4. The molecule has 0 spiro atoms. The zero-order valence-electron chi connectivity index (χ0n) is 17.7. The molecule has 0 unspecified atom stereocenters. The largest absolute Gasteiger partial charge is 0.490 e. The number of tetrazole rings is 1. The number of nitrogens with zero attached hydrogens (tertiary/aromatic N) is 6. The van der Waals surface area contributed by atoms with E-state index in [9.17, 15) is 13.2 Å². The number of hydrogen-bond acceptors (Lipinski definition) is 8. The molecule has 2 aliphatic heterocycles. The summed E-state index contributed by atoms with van der Waals surface area (Å²) in [4.78, 5) is 14.7. The van der Waals surface area contributed by atoms with Gasteiger partial charge in [0.25, 0.3) is 5.91 Å². The van der Waals surface area contributed by atoms with E-state index in [1.807, 2.05) is 0 Å². The monoisotopic (exact) mass is 470 g/mol. The van der Waals surface area contributed by atoms with Crippen LogP contribution in [0.1, 0.15) is 16.8 Å². The number of ether oxygens (including phenoxy) is 2. The van der Waals surface area contributed by atoms with Gasteiger partial charge in [-0.15, -0.1) is 5.10 Å². The van der Waals surface area contributed by atoms with Gasteiger partial charge in [-0.25, -0.2) is 13.1 Å². The average Bonchev–Trinajstić information content (AvgIpc) is 3.29. The number of carbonyl (C=O) groups is 1. The number of amides is 1. The fourth-order valence-electron chi connectivity index (χ4n) is 3.80. The van der Waals surface area contributed by atoms with E-state index in [1.54, 1.807) is 35.2 Å². The average molecular weight is 471 g/mol. The highest BCUT2D eigenvalue weighted by Crippen LogP contribution is 2.33. The molecule has 0 aliphatic carbocycles. The lowest BCUT2D eigenvalue weighted by Crippen LogP contribution is -2.50. The molecule has 3 aromatic rings. The second kappa shape index (κ2) is 8.79. The summed E-state index contributed by atoms with van der Waals surface area (Å²) >= 11 is 0. The lowest BCUT2D eigenvalue weighted by Gasteiger charge is -2.34. The molecule has 0 saturated carbocycles. The summed E-state index contributed by atoms with van der Waals surface area (Å²) in [6.45, 7) is 2.05. The zero-order valence-corrected chi connectivity index (χ0v) is 18.5. The van der Waals surface area contributed by atoms with E-state index in [0.717, 1.165) is 12.1 Å². The van der Waals surface area contributed by atoms with Gasteiger partial charge in [0.15, 0.2) is 11.5 Å². The maximum atomic E-state index is 13.2. The Bertz CT molecular complexity index is 1240. The molecule has 3 heterocycles. The van der Waals surface area contributed by atoms with Gasteiger partial charge in [-0.2, -0.15) is 4.31 Å². The van der Waals surface area contributed by atoms with Crippen LogP contribution in [0.4, 0.5) is 0 Å². The van der Waals surface area contributed by atoms with Crippen molar-refractivity contribution >= 4 is 15.9 Å². The number of sulfonamides is 1. The van der Waals surface area contributed by atoms with Crippen LogP contribution in [0.5, 0.6) is 11.5 Å². The molecule has 1 aromatic heterocycles. The minimum absolute atomic E-state index is 0.147. The van der Waals surface area contributed by atoms with Gasteiger partial charge in [-0.05, 0) is 46.8 Å². The van der Waals surface area contributed by atoms with E-state index in [0.29, 0.717) is 43.4 Å². The van der Waals surface area contributed by atoms with Crippen molar-refractivity contribution in [3.63, 3.8) is 0 Å². The topological polar surface area (TPSA) is 120 Å². The number of aromatic nitrogens is 4. The Kier molecular flexibility index (Phi) is 5.68. The SMILES string of the molecule is O=C(c1ccc(-n2cnnn2)cc1)N1CCN(S(=O)(=O)c2ccc3c(c2)OCCCO3)CC1. The Morgan fingerprint density at radius 2 is 1.64 bits per heavy atom. The molecule has 2 aromatic carbocycles. The standard InChI is InChI=1S/C21H22N6O5S/c28-21(16-2-4-17(5-3-16)27-15-22-23-24-27)25-8-10-26(11-9-25)33(29,30)18-6-7-19-20(14-18)32-13-1-12-31-19/h2-7,14-15H,1,8-13H2. The highest BCUT2D eigenvalue weighted by atomic mass is 32.2. The Hall–Kier alpha value is -3.51. The molecule has 12 heteroatoms. The van der Waals surface area contributed by atoms with Crippen LogP contribution < -0.4 is 9.47 Å². The van der Waals surface area contributed by atoms with Crippen LogP contribution in [0.15, 0.2) is 53.7 Å². The Balaban J connectivity index is 1.25. The molecule has 0 atom stereocenters. The van der Waals surface area contributed by atoms with Crippen molar-refractivity contribution in [2.75, 3.05) is 39.4 Å². The molecular weight excluding hydrogens is 448 g/mol. The van der Waals surface area contributed by atoms with Crippen LogP contribution in [-0.4, -0.2) is 83.1 Å². The van der Waals surface area contributed by atoms with Gasteiger partial charge in [0, 0.05) is 44.2 Å². The minimum atomic E-state index is -3.71. The molecule has 1 amide bonds. The van der Waals surface area contributed by atoms with Crippen LogP contribution in [0.3, 0.4) is 0 Å². The first-order valence-electron chi connectivity index (χ1n) is 10.5. The third kappa shape index (κ3) is 4.26. The fourth-order valence-corrected chi connectivity index (χ4v) is 5.24. The fraction of sp³-hybridized carbons (Fsp3) is 0.333. The predicted octanol–water partition coefficient (Wildman–Crippen LogP) is 0.970. The second-order valence-corrected chi connectivity index (χ2v) is 9.59. The summed E-state index contributed by atoms with van der Waals surface area (Å²) < 4.78 is 40.4. The van der Waals surface area contributed by atoms with E-state index in [4.69, 9.17) is 9.47 Å².